The van der Waals surface area contributed by atoms with Crippen molar-refractivity contribution in [2.24, 2.45) is 0 Å². The summed E-state index contributed by atoms with van der Waals surface area (Å²) in [5.41, 5.74) is 1.49. The topological polar surface area (TPSA) is 66.9 Å². The predicted molar refractivity (Wildman–Crippen MR) is 112 cm³/mol. The van der Waals surface area contributed by atoms with Crippen molar-refractivity contribution in [2.45, 2.75) is 33.6 Å². The van der Waals surface area contributed by atoms with Crippen molar-refractivity contribution in [2.75, 3.05) is 24.6 Å². The van der Waals surface area contributed by atoms with Gasteiger partial charge in [-0.25, -0.2) is 4.90 Å². The Morgan fingerprint density at radius 1 is 0.897 bits per heavy atom. The van der Waals surface area contributed by atoms with E-state index in [1.54, 1.807) is 47.4 Å². The molecule has 152 valence electrons. The van der Waals surface area contributed by atoms with Gasteiger partial charge in [0.25, 0.3) is 17.7 Å². The molecule has 0 N–H and O–H groups in total. The zero-order valence-corrected chi connectivity index (χ0v) is 17.1. The van der Waals surface area contributed by atoms with Crippen LogP contribution >= 0.6 is 0 Å². The maximum absolute atomic E-state index is 13.0. The van der Waals surface area contributed by atoms with Gasteiger partial charge in [-0.05, 0) is 62.2 Å². The van der Waals surface area contributed by atoms with E-state index in [4.69, 9.17) is 4.74 Å². The van der Waals surface area contributed by atoms with Crippen molar-refractivity contribution in [1.29, 1.82) is 0 Å². The van der Waals surface area contributed by atoms with Crippen molar-refractivity contribution < 1.29 is 19.1 Å². The molecule has 29 heavy (non-hydrogen) atoms. The van der Waals surface area contributed by atoms with E-state index in [-0.39, 0.29) is 17.4 Å². The Balaban J connectivity index is 1.89. The first-order valence-corrected chi connectivity index (χ1v) is 10.1. The SMILES string of the molecule is CCCN(CCC)C(=O)c1ccc2c(c1)C(=O)N(c1ccc(OCC)cc1)C2=O. The Hall–Kier alpha value is -3.15. The zero-order chi connectivity index (χ0) is 21.0. The highest BCUT2D eigenvalue weighted by Crippen LogP contribution is 2.30. The highest BCUT2D eigenvalue weighted by atomic mass is 16.5. The van der Waals surface area contributed by atoms with Crippen molar-refractivity contribution >= 4 is 23.4 Å². The predicted octanol–water partition coefficient (Wildman–Crippen LogP) is 4.15. The number of nitrogens with zero attached hydrogens (tertiary/aromatic N) is 2. The first-order valence-electron chi connectivity index (χ1n) is 10.1. The molecule has 6 nitrogen and oxygen atoms in total. The summed E-state index contributed by atoms with van der Waals surface area (Å²) in [6.45, 7) is 7.80. The van der Waals surface area contributed by atoms with Crippen molar-refractivity contribution in [3.63, 3.8) is 0 Å². The Kier molecular flexibility index (Phi) is 6.32. The van der Waals surface area contributed by atoms with E-state index in [9.17, 15) is 14.4 Å². The number of rotatable bonds is 8. The molecule has 0 radical (unpaired) electrons. The highest BCUT2D eigenvalue weighted by molar-refractivity contribution is 6.34. The fourth-order valence-electron chi connectivity index (χ4n) is 3.50. The van der Waals surface area contributed by atoms with E-state index < -0.39 is 5.91 Å². The third kappa shape index (κ3) is 4.01. The lowest BCUT2D eigenvalue weighted by Crippen LogP contribution is -2.32. The highest BCUT2D eigenvalue weighted by Gasteiger charge is 2.37. The van der Waals surface area contributed by atoms with Gasteiger partial charge in [0.1, 0.15) is 5.75 Å². The molecule has 0 saturated carbocycles. The third-order valence-electron chi connectivity index (χ3n) is 4.81. The second-order valence-corrected chi connectivity index (χ2v) is 6.93. The van der Waals surface area contributed by atoms with Crippen LogP contribution in [0.4, 0.5) is 5.69 Å². The molecule has 1 aliphatic heterocycles. The van der Waals surface area contributed by atoms with Crippen LogP contribution in [0.3, 0.4) is 0 Å². The van der Waals surface area contributed by atoms with Crippen LogP contribution in [0.2, 0.25) is 0 Å². The fraction of sp³-hybridized carbons (Fsp3) is 0.348. The minimum atomic E-state index is -0.415. The summed E-state index contributed by atoms with van der Waals surface area (Å²) in [5.74, 6) is -0.238. The molecule has 2 aromatic rings. The van der Waals surface area contributed by atoms with Gasteiger partial charge in [0.2, 0.25) is 0 Å². The van der Waals surface area contributed by atoms with Gasteiger partial charge in [-0.1, -0.05) is 13.8 Å². The number of carbonyl (C=O) groups is 3. The third-order valence-corrected chi connectivity index (χ3v) is 4.81. The fourth-order valence-corrected chi connectivity index (χ4v) is 3.50. The first kappa shape index (κ1) is 20.6. The molecule has 3 rings (SSSR count). The number of benzene rings is 2. The number of hydrogen-bond acceptors (Lipinski definition) is 4. The molecule has 1 aliphatic rings. The summed E-state index contributed by atoms with van der Waals surface area (Å²) >= 11 is 0. The summed E-state index contributed by atoms with van der Waals surface area (Å²) in [5, 5.41) is 0. The summed E-state index contributed by atoms with van der Waals surface area (Å²) in [6, 6.07) is 11.6. The maximum atomic E-state index is 13.0. The molecule has 6 heteroatoms. The van der Waals surface area contributed by atoms with Crippen LogP contribution in [0.15, 0.2) is 42.5 Å². The molecular weight excluding hydrogens is 368 g/mol. The Morgan fingerprint density at radius 2 is 1.52 bits per heavy atom. The van der Waals surface area contributed by atoms with Crippen LogP contribution in [-0.4, -0.2) is 42.3 Å². The molecule has 3 amide bonds. The van der Waals surface area contributed by atoms with Crippen LogP contribution in [-0.2, 0) is 0 Å². The second-order valence-electron chi connectivity index (χ2n) is 6.93. The number of imide groups is 1. The van der Waals surface area contributed by atoms with Gasteiger partial charge >= 0.3 is 0 Å². The standard InChI is InChI=1S/C23H26N2O4/c1-4-13-24(14-5-2)21(26)16-7-12-19-20(15-16)23(28)25(22(19)27)17-8-10-18(11-9-17)29-6-3/h7-12,15H,4-6,13-14H2,1-3H3. The summed E-state index contributed by atoms with van der Waals surface area (Å²) in [7, 11) is 0. The van der Waals surface area contributed by atoms with Gasteiger partial charge in [-0.15, -0.1) is 0 Å². The molecule has 0 bridgehead atoms. The van der Waals surface area contributed by atoms with Gasteiger partial charge in [-0.2, -0.15) is 0 Å². The second kappa shape index (κ2) is 8.90. The number of ether oxygens (including phenoxy) is 1. The van der Waals surface area contributed by atoms with Crippen molar-refractivity contribution in [3.8, 4) is 5.75 Å². The lowest BCUT2D eigenvalue weighted by molar-refractivity contribution is 0.0755. The number of amides is 3. The van der Waals surface area contributed by atoms with Crippen LogP contribution in [0.25, 0.3) is 0 Å². The lowest BCUT2D eigenvalue weighted by Gasteiger charge is -2.21. The molecule has 1 heterocycles. The van der Waals surface area contributed by atoms with Gasteiger partial charge < -0.3 is 9.64 Å². The van der Waals surface area contributed by atoms with Crippen LogP contribution in [0, 0.1) is 0 Å². The van der Waals surface area contributed by atoms with E-state index in [0.717, 1.165) is 17.7 Å². The Labute approximate surface area is 171 Å². The Morgan fingerprint density at radius 3 is 2.10 bits per heavy atom. The van der Waals surface area contributed by atoms with E-state index in [1.807, 2.05) is 20.8 Å². The molecule has 0 atom stereocenters. The average Bonchev–Trinajstić information content (AvgIpc) is 2.98. The largest absolute Gasteiger partial charge is 0.494 e. The molecule has 0 saturated heterocycles. The van der Waals surface area contributed by atoms with Gasteiger partial charge in [0, 0.05) is 18.7 Å². The van der Waals surface area contributed by atoms with E-state index in [2.05, 4.69) is 0 Å². The lowest BCUT2D eigenvalue weighted by atomic mass is 10.0. The smallest absolute Gasteiger partial charge is 0.266 e. The average molecular weight is 394 g/mol. The molecular formula is C23H26N2O4. The summed E-state index contributed by atoms with van der Waals surface area (Å²) in [6.07, 6.45) is 1.72. The van der Waals surface area contributed by atoms with Crippen LogP contribution < -0.4 is 9.64 Å². The van der Waals surface area contributed by atoms with Crippen LogP contribution in [0.5, 0.6) is 5.75 Å². The minimum Gasteiger partial charge on any atom is -0.494 e. The number of fused-ring (bicyclic) bond motifs is 1. The van der Waals surface area contributed by atoms with Gasteiger partial charge in [-0.3, -0.25) is 14.4 Å². The molecule has 0 aromatic heterocycles. The van der Waals surface area contributed by atoms with Crippen molar-refractivity contribution in [1.82, 2.24) is 4.90 Å². The molecule has 0 unspecified atom stereocenters. The first-order chi connectivity index (χ1) is 14.0. The maximum Gasteiger partial charge on any atom is 0.266 e. The zero-order valence-electron chi connectivity index (χ0n) is 17.1. The monoisotopic (exact) mass is 394 g/mol. The normalized spacial score (nSPS) is 12.9. The molecule has 0 aliphatic carbocycles. The van der Waals surface area contributed by atoms with Gasteiger partial charge in [0.15, 0.2) is 0 Å². The molecule has 0 spiro atoms. The van der Waals surface area contributed by atoms with Gasteiger partial charge in [0.05, 0.1) is 23.4 Å². The number of anilines is 1. The molecule has 0 fully saturated rings. The van der Waals surface area contributed by atoms with E-state index >= 15 is 0 Å². The van der Waals surface area contributed by atoms with E-state index in [1.165, 1.54) is 0 Å². The molecule has 2 aromatic carbocycles. The number of hydrogen-bond donors (Lipinski definition) is 0. The Bertz CT molecular complexity index is 915. The number of carbonyl (C=O) groups excluding carboxylic acids is 3. The summed E-state index contributed by atoms with van der Waals surface area (Å²) < 4.78 is 5.41. The van der Waals surface area contributed by atoms with Crippen LogP contribution in [0.1, 0.15) is 64.7 Å². The van der Waals surface area contributed by atoms with E-state index in [0.29, 0.717) is 42.3 Å². The minimum absolute atomic E-state index is 0.115. The quantitative estimate of drug-likeness (QED) is 0.631. The van der Waals surface area contributed by atoms with Crippen molar-refractivity contribution in [3.05, 3.63) is 59.2 Å². The summed E-state index contributed by atoms with van der Waals surface area (Å²) in [4.78, 5) is 41.6.